The molecule has 4 rings (SSSR count). The van der Waals surface area contributed by atoms with Crippen molar-refractivity contribution in [3.8, 4) is 11.3 Å². The van der Waals surface area contributed by atoms with E-state index >= 15 is 0 Å². The Balaban J connectivity index is 1.89. The van der Waals surface area contributed by atoms with Gasteiger partial charge < -0.3 is 5.11 Å². The lowest BCUT2D eigenvalue weighted by Gasteiger charge is -2.06. The molecule has 0 spiro atoms. The van der Waals surface area contributed by atoms with Gasteiger partial charge in [-0.2, -0.15) is 0 Å². The van der Waals surface area contributed by atoms with Gasteiger partial charge >= 0.3 is 5.97 Å². The van der Waals surface area contributed by atoms with Gasteiger partial charge in [0.2, 0.25) is 0 Å². The maximum atomic E-state index is 11.2. The quantitative estimate of drug-likeness (QED) is 0.604. The minimum atomic E-state index is -0.997. The second kappa shape index (κ2) is 5.18. The number of fused-ring (bicyclic) bond motifs is 2. The minimum absolute atomic E-state index is 0.167. The molecular formula is C19H12N2O2. The second-order valence-corrected chi connectivity index (χ2v) is 5.30. The third-order valence-electron chi connectivity index (χ3n) is 3.85. The van der Waals surface area contributed by atoms with Crippen LogP contribution in [0.5, 0.6) is 0 Å². The van der Waals surface area contributed by atoms with Crippen LogP contribution in [-0.4, -0.2) is 21.0 Å². The summed E-state index contributed by atoms with van der Waals surface area (Å²) >= 11 is 0. The molecule has 1 heterocycles. The largest absolute Gasteiger partial charge is 0.478 e. The van der Waals surface area contributed by atoms with Crippen molar-refractivity contribution in [3.05, 3.63) is 72.4 Å². The van der Waals surface area contributed by atoms with Gasteiger partial charge in [0, 0.05) is 5.56 Å². The standard InChI is InChI=1S/C19H12N2O2/c22-19(23)15-6-3-7-16-18(15)20-11-17(21-16)14-9-8-12-4-1-2-5-13(12)10-14/h1-11H,(H,22,23). The molecule has 0 amide bonds. The number of nitrogens with zero attached hydrogens (tertiary/aromatic N) is 2. The first-order valence-corrected chi connectivity index (χ1v) is 7.20. The lowest BCUT2D eigenvalue weighted by molar-refractivity contribution is 0.0699. The zero-order valence-electron chi connectivity index (χ0n) is 12.1. The zero-order chi connectivity index (χ0) is 15.8. The Morgan fingerprint density at radius 3 is 2.57 bits per heavy atom. The van der Waals surface area contributed by atoms with Crippen LogP contribution in [0.3, 0.4) is 0 Å². The van der Waals surface area contributed by atoms with Crippen molar-refractivity contribution in [2.45, 2.75) is 0 Å². The van der Waals surface area contributed by atoms with E-state index in [2.05, 4.69) is 28.2 Å². The molecule has 4 nitrogen and oxygen atoms in total. The van der Waals surface area contributed by atoms with Crippen LogP contribution in [-0.2, 0) is 0 Å². The highest BCUT2D eigenvalue weighted by Gasteiger charge is 2.11. The summed E-state index contributed by atoms with van der Waals surface area (Å²) in [4.78, 5) is 20.1. The Morgan fingerprint density at radius 2 is 1.74 bits per heavy atom. The number of carboxylic acid groups (broad SMARTS) is 1. The van der Waals surface area contributed by atoms with Crippen LogP contribution in [0.15, 0.2) is 66.9 Å². The first-order valence-electron chi connectivity index (χ1n) is 7.20. The van der Waals surface area contributed by atoms with Crippen molar-refractivity contribution >= 4 is 27.8 Å². The highest BCUT2D eigenvalue weighted by molar-refractivity contribution is 6.01. The molecule has 4 aromatic rings. The number of hydrogen-bond donors (Lipinski definition) is 1. The molecule has 0 saturated heterocycles. The van der Waals surface area contributed by atoms with Gasteiger partial charge in [-0.3, -0.25) is 4.98 Å². The van der Waals surface area contributed by atoms with Crippen molar-refractivity contribution in [2.75, 3.05) is 0 Å². The monoisotopic (exact) mass is 300 g/mol. The molecule has 110 valence electrons. The van der Waals surface area contributed by atoms with Gasteiger partial charge in [-0.25, -0.2) is 9.78 Å². The van der Waals surface area contributed by atoms with Crippen LogP contribution in [0.25, 0.3) is 33.1 Å². The number of para-hydroxylation sites is 1. The molecule has 0 bridgehead atoms. The maximum absolute atomic E-state index is 11.2. The molecule has 23 heavy (non-hydrogen) atoms. The van der Waals surface area contributed by atoms with Gasteiger partial charge in [-0.1, -0.05) is 42.5 Å². The predicted octanol–water partition coefficient (Wildman–Crippen LogP) is 4.15. The average Bonchev–Trinajstić information content (AvgIpc) is 2.60. The lowest BCUT2D eigenvalue weighted by Crippen LogP contribution is -2.00. The van der Waals surface area contributed by atoms with Gasteiger partial charge in [-0.05, 0) is 29.0 Å². The fraction of sp³-hybridized carbons (Fsp3) is 0. The lowest BCUT2D eigenvalue weighted by atomic mass is 10.1. The van der Waals surface area contributed by atoms with Gasteiger partial charge in [0.1, 0.15) is 5.52 Å². The van der Waals surface area contributed by atoms with E-state index in [4.69, 9.17) is 0 Å². The topological polar surface area (TPSA) is 63.1 Å². The van der Waals surface area contributed by atoms with Crippen molar-refractivity contribution in [3.63, 3.8) is 0 Å². The highest BCUT2D eigenvalue weighted by Crippen LogP contribution is 2.24. The van der Waals surface area contributed by atoms with Crippen LogP contribution >= 0.6 is 0 Å². The molecule has 0 aliphatic rings. The number of rotatable bonds is 2. The predicted molar refractivity (Wildman–Crippen MR) is 89.4 cm³/mol. The van der Waals surface area contributed by atoms with Crippen molar-refractivity contribution < 1.29 is 9.90 Å². The molecule has 0 aliphatic heterocycles. The molecule has 4 heteroatoms. The minimum Gasteiger partial charge on any atom is -0.478 e. The van der Waals surface area contributed by atoms with Crippen LogP contribution in [0.4, 0.5) is 0 Å². The number of carbonyl (C=O) groups is 1. The molecule has 0 unspecified atom stereocenters. The van der Waals surface area contributed by atoms with E-state index in [1.54, 1.807) is 18.3 Å². The SMILES string of the molecule is O=C(O)c1cccc2nc(-c3ccc4ccccc4c3)cnc12. The molecule has 1 aromatic heterocycles. The molecular weight excluding hydrogens is 288 g/mol. The van der Waals surface area contributed by atoms with Gasteiger partial charge in [0.15, 0.2) is 0 Å². The average molecular weight is 300 g/mol. The van der Waals surface area contributed by atoms with Gasteiger partial charge in [0.25, 0.3) is 0 Å². The van der Waals surface area contributed by atoms with E-state index in [9.17, 15) is 9.90 Å². The summed E-state index contributed by atoms with van der Waals surface area (Å²) in [6.07, 6.45) is 1.62. The summed E-state index contributed by atoms with van der Waals surface area (Å²) in [7, 11) is 0. The molecule has 0 saturated carbocycles. The van der Waals surface area contributed by atoms with E-state index in [-0.39, 0.29) is 5.56 Å². The Labute approximate surface area is 132 Å². The third-order valence-corrected chi connectivity index (χ3v) is 3.85. The normalized spacial score (nSPS) is 11.0. The fourth-order valence-corrected chi connectivity index (χ4v) is 2.70. The Hall–Kier alpha value is -3.27. The van der Waals surface area contributed by atoms with E-state index in [0.717, 1.165) is 22.0 Å². The number of benzene rings is 3. The smallest absolute Gasteiger partial charge is 0.337 e. The van der Waals surface area contributed by atoms with Crippen molar-refractivity contribution in [1.29, 1.82) is 0 Å². The molecule has 0 radical (unpaired) electrons. The van der Waals surface area contributed by atoms with Gasteiger partial charge in [0.05, 0.1) is 23.0 Å². The molecule has 1 N–H and O–H groups in total. The first-order chi connectivity index (χ1) is 11.2. The Morgan fingerprint density at radius 1 is 0.913 bits per heavy atom. The van der Waals surface area contributed by atoms with Gasteiger partial charge in [-0.15, -0.1) is 0 Å². The summed E-state index contributed by atoms with van der Waals surface area (Å²) in [6, 6.07) is 19.2. The molecule has 0 fully saturated rings. The van der Waals surface area contributed by atoms with E-state index in [1.807, 2.05) is 24.3 Å². The second-order valence-electron chi connectivity index (χ2n) is 5.30. The van der Waals surface area contributed by atoms with E-state index in [0.29, 0.717) is 11.0 Å². The third kappa shape index (κ3) is 2.30. The van der Waals surface area contributed by atoms with Crippen LogP contribution in [0.2, 0.25) is 0 Å². The van der Waals surface area contributed by atoms with Crippen molar-refractivity contribution in [2.24, 2.45) is 0 Å². The number of carboxylic acids is 1. The molecule has 0 aliphatic carbocycles. The number of hydrogen-bond acceptors (Lipinski definition) is 3. The van der Waals surface area contributed by atoms with E-state index < -0.39 is 5.97 Å². The summed E-state index contributed by atoms with van der Waals surface area (Å²) < 4.78 is 0. The first kappa shape index (κ1) is 13.4. The van der Waals surface area contributed by atoms with Crippen molar-refractivity contribution in [1.82, 2.24) is 9.97 Å². The summed E-state index contributed by atoms with van der Waals surface area (Å²) in [5.41, 5.74) is 2.84. The highest BCUT2D eigenvalue weighted by atomic mass is 16.4. The van der Waals surface area contributed by atoms with E-state index in [1.165, 1.54) is 6.07 Å². The maximum Gasteiger partial charge on any atom is 0.337 e. The number of aromatic nitrogens is 2. The summed E-state index contributed by atoms with van der Waals surface area (Å²) in [5.74, 6) is -0.997. The van der Waals surface area contributed by atoms with Crippen LogP contribution in [0, 0.1) is 0 Å². The Kier molecular flexibility index (Phi) is 3.01. The zero-order valence-corrected chi connectivity index (χ0v) is 12.1. The summed E-state index contributed by atoms with van der Waals surface area (Å²) in [6.45, 7) is 0. The fourth-order valence-electron chi connectivity index (χ4n) is 2.70. The molecule has 0 atom stereocenters. The van der Waals surface area contributed by atoms with Crippen LogP contribution < -0.4 is 0 Å². The molecule has 3 aromatic carbocycles. The summed E-state index contributed by atoms with van der Waals surface area (Å²) in [5, 5.41) is 11.5. The van der Waals surface area contributed by atoms with Crippen LogP contribution in [0.1, 0.15) is 10.4 Å². The number of aromatic carboxylic acids is 1. The Bertz CT molecular complexity index is 1060.